The van der Waals surface area contributed by atoms with E-state index in [1.807, 2.05) is 54.8 Å². The normalized spacial score (nSPS) is 11.6. The van der Waals surface area contributed by atoms with E-state index in [0.717, 1.165) is 16.0 Å². The number of hydrogen-bond donors (Lipinski definition) is 2. The number of carbonyl (C=O) groups is 2. The second-order valence-electron chi connectivity index (χ2n) is 5.93. The van der Waals surface area contributed by atoms with Crippen LogP contribution >= 0.6 is 11.3 Å². The Hall–Kier alpha value is -2.92. The molecule has 3 aromatic rings. The number of aryl methyl sites for hydroxylation is 1. The van der Waals surface area contributed by atoms with Crippen LogP contribution in [0.4, 0.5) is 0 Å². The third-order valence-corrected chi connectivity index (χ3v) is 5.12. The van der Waals surface area contributed by atoms with Crippen LogP contribution in [-0.4, -0.2) is 11.8 Å². The minimum Gasteiger partial charge on any atom is -0.349 e. The van der Waals surface area contributed by atoms with Gasteiger partial charge in [0.05, 0.1) is 6.54 Å². The van der Waals surface area contributed by atoms with Gasteiger partial charge >= 0.3 is 0 Å². The highest BCUT2D eigenvalue weighted by Crippen LogP contribution is 2.17. The molecule has 1 atom stereocenters. The predicted octanol–water partition coefficient (Wildman–Crippen LogP) is 3.84. The van der Waals surface area contributed by atoms with Crippen LogP contribution in [0.2, 0.25) is 0 Å². The van der Waals surface area contributed by atoms with Crippen LogP contribution in [0.15, 0.2) is 72.1 Å². The topological polar surface area (TPSA) is 58.2 Å². The molecule has 0 aliphatic rings. The van der Waals surface area contributed by atoms with Crippen molar-refractivity contribution in [1.82, 2.24) is 10.6 Å². The van der Waals surface area contributed by atoms with Gasteiger partial charge in [0.25, 0.3) is 5.91 Å². The first kappa shape index (κ1) is 17.9. The van der Waals surface area contributed by atoms with Gasteiger partial charge in [-0.2, -0.15) is 0 Å². The lowest BCUT2D eigenvalue weighted by molar-refractivity contribution is -0.123. The molecule has 0 bridgehead atoms. The number of benzene rings is 2. The van der Waals surface area contributed by atoms with Crippen molar-refractivity contribution in [3.8, 4) is 0 Å². The first-order valence-electron chi connectivity index (χ1n) is 8.36. The first-order chi connectivity index (χ1) is 12.6. The fraction of sp³-hybridized carbons (Fsp3) is 0.143. The van der Waals surface area contributed by atoms with Crippen molar-refractivity contribution in [2.45, 2.75) is 19.5 Å². The molecule has 0 saturated carbocycles. The first-order valence-corrected chi connectivity index (χ1v) is 9.24. The second kappa shape index (κ2) is 8.45. The second-order valence-corrected chi connectivity index (χ2v) is 6.93. The van der Waals surface area contributed by atoms with Crippen LogP contribution in [0.25, 0.3) is 0 Å². The van der Waals surface area contributed by atoms with Gasteiger partial charge < -0.3 is 10.6 Å². The molecular formula is C21H20N2O2S. The van der Waals surface area contributed by atoms with Gasteiger partial charge in [-0.1, -0.05) is 48.5 Å². The maximum Gasteiger partial charge on any atom is 0.252 e. The molecule has 4 nitrogen and oxygen atoms in total. The summed E-state index contributed by atoms with van der Waals surface area (Å²) in [6.45, 7) is 2.47. The Morgan fingerprint density at radius 2 is 1.62 bits per heavy atom. The molecule has 2 N–H and O–H groups in total. The van der Waals surface area contributed by atoms with Gasteiger partial charge in [0.2, 0.25) is 5.91 Å². The lowest BCUT2D eigenvalue weighted by Gasteiger charge is -2.19. The number of nitrogens with one attached hydrogen (secondary N) is 2. The largest absolute Gasteiger partial charge is 0.349 e. The van der Waals surface area contributed by atoms with Crippen LogP contribution in [0, 0.1) is 6.92 Å². The lowest BCUT2D eigenvalue weighted by atomic mass is 10.1. The average molecular weight is 364 g/mol. The van der Waals surface area contributed by atoms with Crippen LogP contribution in [-0.2, 0) is 11.3 Å². The monoisotopic (exact) mass is 364 g/mol. The Bertz CT molecular complexity index is 875. The zero-order valence-corrected chi connectivity index (χ0v) is 15.3. The molecule has 1 aromatic heterocycles. The number of thiophene rings is 1. The van der Waals surface area contributed by atoms with E-state index in [1.54, 1.807) is 35.6 Å². The van der Waals surface area contributed by atoms with E-state index in [-0.39, 0.29) is 11.8 Å². The SMILES string of the molecule is Cc1ccsc1CNC(=O)C(NC(=O)c1ccccc1)c1ccccc1. The van der Waals surface area contributed by atoms with Crippen LogP contribution in [0.1, 0.15) is 32.4 Å². The standard InChI is InChI=1S/C21H20N2O2S/c1-15-12-13-26-18(15)14-22-21(25)19(16-8-4-2-5-9-16)23-20(24)17-10-6-3-7-11-17/h2-13,19H,14H2,1H3,(H,22,25)(H,23,24). The van der Waals surface area contributed by atoms with Crippen LogP contribution in [0.3, 0.4) is 0 Å². The van der Waals surface area contributed by atoms with Crippen LogP contribution < -0.4 is 10.6 Å². The maximum atomic E-state index is 12.8. The minimum absolute atomic E-state index is 0.228. The van der Waals surface area contributed by atoms with Crippen molar-refractivity contribution in [3.05, 3.63) is 93.7 Å². The van der Waals surface area contributed by atoms with Gasteiger partial charge in [0.15, 0.2) is 0 Å². The highest BCUT2D eigenvalue weighted by atomic mass is 32.1. The van der Waals surface area contributed by atoms with Gasteiger partial charge in [-0.15, -0.1) is 11.3 Å². The summed E-state index contributed by atoms with van der Waals surface area (Å²) in [5, 5.41) is 7.79. The molecule has 0 fully saturated rings. The molecule has 1 heterocycles. The van der Waals surface area contributed by atoms with Crippen molar-refractivity contribution in [3.63, 3.8) is 0 Å². The van der Waals surface area contributed by atoms with E-state index >= 15 is 0 Å². The van der Waals surface area contributed by atoms with Gasteiger partial charge in [-0.3, -0.25) is 9.59 Å². The van der Waals surface area contributed by atoms with Crippen molar-refractivity contribution in [2.75, 3.05) is 0 Å². The van der Waals surface area contributed by atoms with E-state index in [9.17, 15) is 9.59 Å². The molecule has 1 unspecified atom stereocenters. The van der Waals surface area contributed by atoms with E-state index < -0.39 is 6.04 Å². The summed E-state index contributed by atoms with van der Waals surface area (Å²) in [7, 11) is 0. The van der Waals surface area contributed by atoms with Crippen molar-refractivity contribution in [1.29, 1.82) is 0 Å². The molecule has 26 heavy (non-hydrogen) atoms. The summed E-state index contributed by atoms with van der Waals surface area (Å²) in [5.74, 6) is -0.504. The van der Waals surface area contributed by atoms with E-state index in [0.29, 0.717) is 12.1 Å². The number of carbonyl (C=O) groups excluding carboxylic acids is 2. The molecular weight excluding hydrogens is 344 g/mol. The lowest BCUT2D eigenvalue weighted by Crippen LogP contribution is -2.40. The fourth-order valence-corrected chi connectivity index (χ4v) is 3.45. The third-order valence-electron chi connectivity index (χ3n) is 4.10. The summed E-state index contributed by atoms with van der Waals surface area (Å²) in [6, 6.07) is 19.4. The van der Waals surface area contributed by atoms with Gasteiger partial charge in [-0.25, -0.2) is 0 Å². The summed E-state index contributed by atoms with van der Waals surface area (Å²) in [5.41, 5.74) is 2.42. The van der Waals surface area contributed by atoms with E-state index in [1.165, 1.54) is 0 Å². The smallest absolute Gasteiger partial charge is 0.252 e. The molecule has 3 rings (SSSR count). The molecule has 0 radical (unpaired) electrons. The molecule has 0 saturated heterocycles. The number of amides is 2. The molecule has 5 heteroatoms. The molecule has 0 aliphatic carbocycles. The van der Waals surface area contributed by atoms with E-state index in [2.05, 4.69) is 10.6 Å². The highest BCUT2D eigenvalue weighted by molar-refractivity contribution is 7.10. The minimum atomic E-state index is -0.746. The Morgan fingerprint density at radius 3 is 2.23 bits per heavy atom. The maximum absolute atomic E-state index is 12.8. The third kappa shape index (κ3) is 4.37. The zero-order valence-electron chi connectivity index (χ0n) is 14.4. The molecule has 0 spiro atoms. The summed E-state index contributed by atoms with van der Waals surface area (Å²) in [6.07, 6.45) is 0. The number of rotatable bonds is 6. The fourth-order valence-electron chi connectivity index (χ4n) is 2.60. The number of hydrogen-bond acceptors (Lipinski definition) is 3. The average Bonchev–Trinajstić information content (AvgIpc) is 3.10. The van der Waals surface area contributed by atoms with Crippen molar-refractivity contribution < 1.29 is 9.59 Å². The Labute approximate surface area is 156 Å². The summed E-state index contributed by atoms with van der Waals surface area (Å²) >= 11 is 1.61. The molecule has 2 aromatic carbocycles. The van der Waals surface area contributed by atoms with E-state index in [4.69, 9.17) is 0 Å². The van der Waals surface area contributed by atoms with Crippen molar-refractivity contribution in [2.24, 2.45) is 0 Å². The zero-order chi connectivity index (χ0) is 18.4. The summed E-state index contributed by atoms with van der Waals surface area (Å²) < 4.78 is 0. The Balaban J connectivity index is 1.76. The van der Waals surface area contributed by atoms with Gasteiger partial charge in [0.1, 0.15) is 6.04 Å². The molecule has 0 aliphatic heterocycles. The molecule has 132 valence electrons. The van der Waals surface area contributed by atoms with Gasteiger partial charge in [-0.05, 0) is 41.6 Å². The predicted molar refractivity (Wildman–Crippen MR) is 104 cm³/mol. The Kier molecular flexibility index (Phi) is 5.81. The molecule has 2 amide bonds. The summed E-state index contributed by atoms with van der Waals surface area (Å²) in [4.78, 5) is 26.4. The van der Waals surface area contributed by atoms with Crippen LogP contribution in [0.5, 0.6) is 0 Å². The Morgan fingerprint density at radius 1 is 0.962 bits per heavy atom. The van der Waals surface area contributed by atoms with Gasteiger partial charge in [0, 0.05) is 10.4 Å². The quantitative estimate of drug-likeness (QED) is 0.698. The van der Waals surface area contributed by atoms with Crippen molar-refractivity contribution >= 4 is 23.2 Å². The highest BCUT2D eigenvalue weighted by Gasteiger charge is 2.23.